The van der Waals surface area contributed by atoms with Crippen molar-refractivity contribution in [2.24, 2.45) is 0 Å². The number of anilines is 1. The zero-order valence-electron chi connectivity index (χ0n) is 21.9. The van der Waals surface area contributed by atoms with Gasteiger partial charge in [-0.1, -0.05) is 12.1 Å². The summed E-state index contributed by atoms with van der Waals surface area (Å²) >= 11 is 1.81. The van der Waals surface area contributed by atoms with E-state index in [1.807, 2.05) is 36.6 Å². The molecule has 1 aromatic heterocycles. The minimum atomic E-state index is -1.26. The predicted molar refractivity (Wildman–Crippen MR) is 152 cm³/mol. The maximum absolute atomic E-state index is 12.4. The van der Waals surface area contributed by atoms with Crippen LogP contribution in [0.5, 0.6) is 5.75 Å². The lowest BCUT2D eigenvalue weighted by atomic mass is 9.99. The Balaban J connectivity index is 0.000000386. The third kappa shape index (κ3) is 7.58. The van der Waals surface area contributed by atoms with Crippen LogP contribution in [0.1, 0.15) is 22.3 Å². The highest BCUT2D eigenvalue weighted by atomic mass is 32.1. The van der Waals surface area contributed by atoms with Crippen LogP contribution in [-0.4, -0.2) is 90.8 Å². The zero-order chi connectivity index (χ0) is 27.8. The van der Waals surface area contributed by atoms with Gasteiger partial charge in [0.1, 0.15) is 5.75 Å². The average Bonchev–Trinajstić information content (AvgIpc) is 3.42. The highest BCUT2D eigenvalue weighted by Gasteiger charge is 2.22. The Bertz CT molecular complexity index is 1330. The van der Waals surface area contributed by atoms with Crippen molar-refractivity contribution in [3.63, 3.8) is 0 Å². The number of aliphatic carboxylic acids is 2. The summed E-state index contributed by atoms with van der Waals surface area (Å²) in [6.07, 6.45) is 3.03. The number of nitrogens with zero attached hydrogens (tertiary/aromatic N) is 3. The third-order valence-corrected chi connectivity index (χ3v) is 7.70. The van der Waals surface area contributed by atoms with Gasteiger partial charge in [0.15, 0.2) is 0 Å². The first kappa shape index (κ1) is 28.1. The number of thiophene rings is 1. The summed E-state index contributed by atoms with van der Waals surface area (Å²) in [5.74, 6) is -1.61. The molecular weight excluding hydrogens is 518 g/mol. The maximum Gasteiger partial charge on any atom is 0.328 e. The van der Waals surface area contributed by atoms with Gasteiger partial charge in [-0.25, -0.2) is 9.59 Å². The lowest BCUT2D eigenvalue weighted by Gasteiger charge is -2.36. The molecule has 0 aliphatic carbocycles. The van der Waals surface area contributed by atoms with E-state index < -0.39 is 11.9 Å². The number of carbonyl (C=O) groups is 3. The number of likely N-dealkylation sites (N-methyl/N-ethyl adjacent to an activating group) is 1. The van der Waals surface area contributed by atoms with Gasteiger partial charge in [0, 0.05) is 79.8 Å². The summed E-state index contributed by atoms with van der Waals surface area (Å²) in [6, 6.07) is 14.8. The smallest absolute Gasteiger partial charge is 0.328 e. The van der Waals surface area contributed by atoms with Gasteiger partial charge >= 0.3 is 11.9 Å². The molecule has 206 valence electrons. The molecule has 3 aromatic rings. The van der Waals surface area contributed by atoms with Crippen molar-refractivity contribution < 1.29 is 29.3 Å². The van der Waals surface area contributed by atoms with Gasteiger partial charge in [-0.05, 0) is 54.1 Å². The molecule has 2 aliphatic rings. The fourth-order valence-electron chi connectivity index (χ4n) is 4.74. The molecule has 2 N–H and O–H groups in total. The number of hydrogen-bond donors (Lipinski definition) is 2. The Labute approximate surface area is 231 Å². The molecule has 1 saturated heterocycles. The molecule has 0 atom stereocenters. The van der Waals surface area contributed by atoms with E-state index in [-0.39, 0.29) is 5.91 Å². The molecule has 9 nitrogen and oxygen atoms in total. The summed E-state index contributed by atoms with van der Waals surface area (Å²) in [5.41, 5.74) is 3.30. The Kier molecular flexibility index (Phi) is 9.56. The van der Waals surface area contributed by atoms with Crippen LogP contribution in [0.4, 0.5) is 5.69 Å². The van der Waals surface area contributed by atoms with Gasteiger partial charge in [-0.3, -0.25) is 9.69 Å². The van der Waals surface area contributed by atoms with Crippen LogP contribution in [0.3, 0.4) is 0 Å². The number of benzene rings is 2. The molecule has 5 rings (SSSR count). The van der Waals surface area contributed by atoms with E-state index in [1.165, 1.54) is 15.8 Å². The van der Waals surface area contributed by atoms with Crippen molar-refractivity contribution in [3.8, 4) is 5.75 Å². The molecule has 3 heterocycles. The van der Waals surface area contributed by atoms with Gasteiger partial charge in [0.25, 0.3) is 5.91 Å². The first-order valence-electron chi connectivity index (χ1n) is 12.9. The molecule has 1 amide bonds. The van der Waals surface area contributed by atoms with Crippen LogP contribution in [0.25, 0.3) is 10.1 Å². The van der Waals surface area contributed by atoms with Crippen LogP contribution >= 0.6 is 11.3 Å². The number of piperazine rings is 1. The molecule has 0 bridgehead atoms. The quantitative estimate of drug-likeness (QED) is 0.321. The third-order valence-electron chi connectivity index (χ3n) is 6.82. The van der Waals surface area contributed by atoms with Crippen molar-refractivity contribution in [1.29, 1.82) is 0 Å². The van der Waals surface area contributed by atoms with Gasteiger partial charge in [0.05, 0.1) is 6.61 Å². The normalized spacial score (nSPS) is 15.7. The van der Waals surface area contributed by atoms with Crippen molar-refractivity contribution >= 4 is 45.0 Å². The Morgan fingerprint density at radius 2 is 1.74 bits per heavy atom. The monoisotopic (exact) mass is 551 g/mol. The first-order chi connectivity index (χ1) is 18.8. The molecule has 1 fully saturated rings. The number of hydrogen-bond acceptors (Lipinski definition) is 7. The van der Waals surface area contributed by atoms with E-state index in [0.29, 0.717) is 18.8 Å². The second kappa shape index (κ2) is 13.3. The van der Waals surface area contributed by atoms with Crippen LogP contribution in [0.2, 0.25) is 0 Å². The van der Waals surface area contributed by atoms with E-state index in [2.05, 4.69) is 39.4 Å². The number of ether oxygens (including phenoxy) is 1. The molecule has 0 saturated carbocycles. The lowest BCUT2D eigenvalue weighted by Crippen LogP contribution is -2.46. The Morgan fingerprint density at radius 3 is 2.46 bits per heavy atom. The van der Waals surface area contributed by atoms with Gasteiger partial charge < -0.3 is 24.7 Å². The topological polar surface area (TPSA) is 111 Å². The molecule has 0 spiro atoms. The number of amides is 1. The maximum atomic E-state index is 12.4. The summed E-state index contributed by atoms with van der Waals surface area (Å²) < 4.78 is 7.34. The number of fused-ring (bicyclic) bond motifs is 2. The fourth-order valence-corrected chi connectivity index (χ4v) is 5.55. The summed E-state index contributed by atoms with van der Waals surface area (Å²) in [6.45, 7) is 6.81. The number of carboxylic acids is 2. The molecule has 10 heteroatoms. The van der Waals surface area contributed by atoms with Gasteiger partial charge in [-0.15, -0.1) is 11.3 Å². The van der Waals surface area contributed by atoms with Crippen LogP contribution < -0.4 is 9.64 Å². The Morgan fingerprint density at radius 1 is 1.00 bits per heavy atom. The molecule has 0 unspecified atom stereocenters. The van der Waals surface area contributed by atoms with Gasteiger partial charge in [-0.2, -0.15) is 0 Å². The largest absolute Gasteiger partial charge is 0.494 e. The number of rotatable bonds is 8. The molecule has 2 aliphatic heterocycles. The molecule has 39 heavy (non-hydrogen) atoms. The number of carboxylic acid groups (broad SMARTS) is 2. The second-order valence-electron chi connectivity index (χ2n) is 9.45. The average molecular weight is 552 g/mol. The van der Waals surface area contributed by atoms with E-state index >= 15 is 0 Å². The SMILES string of the molecule is CN1CCc2ccc(OCCCN3CCN(c4cccc5sccc45)CC3)cc2C1=O.O=C(O)/C=C\C(=O)O. The first-order valence-corrected chi connectivity index (χ1v) is 13.8. The Hall–Kier alpha value is -3.89. The van der Waals surface area contributed by atoms with Crippen LogP contribution in [0.15, 0.2) is 60.0 Å². The minimum Gasteiger partial charge on any atom is -0.494 e. The van der Waals surface area contributed by atoms with E-state index in [4.69, 9.17) is 14.9 Å². The van der Waals surface area contributed by atoms with Crippen molar-refractivity contribution in [2.45, 2.75) is 12.8 Å². The lowest BCUT2D eigenvalue weighted by molar-refractivity contribution is -0.134. The summed E-state index contributed by atoms with van der Waals surface area (Å²) in [5, 5.41) is 19.2. The number of carbonyl (C=O) groups excluding carboxylic acids is 1. The predicted octanol–water partition coefficient (Wildman–Crippen LogP) is 3.83. The minimum absolute atomic E-state index is 0.0997. The van der Waals surface area contributed by atoms with Crippen molar-refractivity contribution in [3.05, 3.63) is 71.1 Å². The summed E-state index contributed by atoms with van der Waals surface area (Å²) in [7, 11) is 1.86. The standard InChI is InChI=1S/C25H29N3O2S.C4H4O4/c1-26-11-8-19-6-7-20(18-22(19)25(26)29)30-16-3-10-27-12-14-28(15-13-27)23-4-2-5-24-21(23)9-17-31-24;5-3(6)1-2-4(7)8/h2,4-7,9,17-18H,3,8,10-16H2,1H3;1-2H,(H,5,6)(H,7,8)/b;2-1-. The van der Waals surface area contributed by atoms with E-state index in [0.717, 1.165) is 69.0 Å². The highest BCUT2D eigenvalue weighted by Crippen LogP contribution is 2.31. The molecular formula is C29H33N3O6S. The fraction of sp³-hybridized carbons (Fsp3) is 0.345. The van der Waals surface area contributed by atoms with Crippen LogP contribution in [-0.2, 0) is 16.0 Å². The van der Waals surface area contributed by atoms with Crippen molar-refractivity contribution in [1.82, 2.24) is 9.80 Å². The molecule has 0 radical (unpaired) electrons. The zero-order valence-corrected chi connectivity index (χ0v) is 22.7. The van der Waals surface area contributed by atoms with Crippen LogP contribution in [0, 0.1) is 0 Å². The molecule has 2 aromatic carbocycles. The summed E-state index contributed by atoms with van der Waals surface area (Å²) in [4.78, 5) is 38.3. The van der Waals surface area contributed by atoms with E-state index in [9.17, 15) is 14.4 Å². The highest BCUT2D eigenvalue weighted by molar-refractivity contribution is 7.17. The van der Waals surface area contributed by atoms with Crippen molar-refractivity contribution in [2.75, 3.05) is 57.8 Å². The van der Waals surface area contributed by atoms with E-state index in [1.54, 1.807) is 4.90 Å². The van der Waals surface area contributed by atoms with Gasteiger partial charge in [0.2, 0.25) is 0 Å². The second-order valence-corrected chi connectivity index (χ2v) is 10.4.